The van der Waals surface area contributed by atoms with Gasteiger partial charge in [0.1, 0.15) is 11.3 Å². The molecule has 12 heteroatoms. The van der Waals surface area contributed by atoms with Gasteiger partial charge in [0.15, 0.2) is 11.6 Å². The Morgan fingerprint density at radius 2 is 2.03 bits per heavy atom. The van der Waals surface area contributed by atoms with Gasteiger partial charge in [-0.1, -0.05) is 11.3 Å². The Kier molecular flexibility index (Phi) is 6.03. The van der Waals surface area contributed by atoms with E-state index in [-0.39, 0.29) is 23.6 Å². The smallest absolute Gasteiger partial charge is 0.340 e. The number of pyridine rings is 1. The van der Waals surface area contributed by atoms with Gasteiger partial charge in [-0.2, -0.15) is 13.1 Å². The van der Waals surface area contributed by atoms with Crippen molar-refractivity contribution in [1.29, 1.82) is 0 Å². The molecule has 1 saturated carbocycles. The molecule has 5 rings (SSSR count). The Morgan fingerprint density at radius 3 is 2.74 bits per heavy atom. The molecule has 1 fully saturated rings. The molecule has 0 radical (unpaired) electrons. The normalized spacial score (nSPS) is 13.8. The van der Waals surface area contributed by atoms with Crippen LogP contribution in [0.25, 0.3) is 11.0 Å². The van der Waals surface area contributed by atoms with Crippen molar-refractivity contribution in [3.63, 3.8) is 0 Å². The van der Waals surface area contributed by atoms with E-state index >= 15 is 4.39 Å². The van der Waals surface area contributed by atoms with Crippen molar-refractivity contribution in [2.75, 3.05) is 4.72 Å². The highest BCUT2D eigenvalue weighted by molar-refractivity contribution is 7.90. The number of aryl methyl sites for hydroxylation is 2. The van der Waals surface area contributed by atoms with Crippen LogP contribution in [0.4, 0.5) is 10.2 Å². The summed E-state index contributed by atoms with van der Waals surface area (Å²) in [5, 5.41) is 2.95. The zero-order valence-corrected chi connectivity index (χ0v) is 20.4. The van der Waals surface area contributed by atoms with Gasteiger partial charge in [-0.05, 0) is 55.5 Å². The molecule has 182 valence electrons. The van der Waals surface area contributed by atoms with Crippen LogP contribution in [0.15, 0.2) is 45.2 Å². The van der Waals surface area contributed by atoms with Gasteiger partial charge in [0.25, 0.3) is 5.19 Å². The Hall–Kier alpha value is -3.35. The SMILES string of the molecule is Cc1cc2c(C)c(Cc3ccnc(NS(=O)(=O)NC4CC4)c3F)c(=O)oc2cc1Oc1nccs1. The predicted octanol–water partition coefficient (Wildman–Crippen LogP) is 4.19. The quantitative estimate of drug-likeness (QED) is 0.337. The molecule has 0 bridgehead atoms. The molecule has 35 heavy (non-hydrogen) atoms. The van der Waals surface area contributed by atoms with Crippen molar-refractivity contribution >= 4 is 38.3 Å². The molecular formula is C23H21FN4O5S2. The second-order valence-corrected chi connectivity index (χ2v) is 10.6. The number of aromatic nitrogens is 2. The molecule has 1 aliphatic rings. The number of halogens is 1. The van der Waals surface area contributed by atoms with E-state index in [1.165, 1.54) is 23.6 Å². The number of fused-ring (bicyclic) bond motifs is 1. The lowest BCUT2D eigenvalue weighted by Gasteiger charge is -2.13. The van der Waals surface area contributed by atoms with Gasteiger partial charge in [0.05, 0.1) is 0 Å². The molecule has 9 nitrogen and oxygen atoms in total. The highest BCUT2D eigenvalue weighted by atomic mass is 32.2. The monoisotopic (exact) mass is 516 g/mol. The number of nitrogens with one attached hydrogen (secondary N) is 2. The Labute approximate surface area is 204 Å². The van der Waals surface area contributed by atoms with Gasteiger partial charge < -0.3 is 9.15 Å². The summed E-state index contributed by atoms with van der Waals surface area (Å²) in [7, 11) is -3.95. The summed E-state index contributed by atoms with van der Waals surface area (Å²) in [6, 6.07) is 4.74. The van der Waals surface area contributed by atoms with E-state index in [0.717, 1.165) is 18.4 Å². The number of anilines is 1. The molecule has 3 aromatic heterocycles. The Balaban J connectivity index is 1.47. The van der Waals surface area contributed by atoms with E-state index in [1.807, 2.05) is 13.0 Å². The van der Waals surface area contributed by atoms with Crippen LogP contribution in [-0.2, 0) is 16.6 Å². The fraction of sp³-hybridized carbons (Fsp3) is 0.261. The number of rotatable bonds is 8. The van der Waals surface area contributed by atoms with Gasteiger partial charge >= 0.3 is 15.8 Å². The second-order valence-electron chi connectivity index (χ2n) is 8.31. The van der Waals surface area contributed by atoms with Crippen molar-refractivity contribution in [3.8, 4) is 10.9 Å². The number of benzene rings is 1. The third-order valence-corrected chi connectivity index (χ3v) is 7.41. The molecule has 0 spiro atoms. The van der Waals surface area contributed by atoms with E-state index in [4.69, 9.17) is 9.15 Å². The van der Waals surface area contributed by atoms with E-state index in [0.29, 0.717) is 27.5 Å². The number of hydrogen-bond donors (Lipinski definition) is 2. The fourth-order valence-corrected chi connectivity index (χ4v) is 5.28. The molecule has 1 aliphatic carbocycles. The van der Waals surface area contributed by atoms with Crippen LogP contribution in [0.5, 0.6) is 10.9 Å². The molecule has 1 aromatic carbocycles. The van der Waals surface area contributed by atoms with Crippen molar-refractivity contribution < 1.29 is 22.0 Å². The lowest BCUT2D eigenvalue weighted by atomic mass is 9.98. The van der Waals surface area contributed by atoms with Gasteiger partial charge in [-0.25, -0.2) is 19.2 Å². The van der Waals surface area contributed by atoms with Crippen LogP contribution >= 0.6 is 11.3 Å². The van der Waals surface area contributed by atoms with Crippen LogP contribution < -0.4 is 19.8 Å². The van der Waals surface area contributed by atoms with Gasteiger partial charge in [0.2, 0.25) is 0 Å². The molecule has 0 saturated heterocycles. The number of thiazole rings is 1. The molecule has 0 aliphatic heterocycles. The van der Waals surface area contributed by atoms with E-state index < -0.39 is 27.5 Å². The van der Waals surface area contributed by atoms with Crippen LogP contribution in [-0.4, -0.2) is 24.4 Å². The summed E-state index contributed by atoms with van der Waals surface area (Å²) in [5.74, 6) is -0.770. The summed E-state index contributed by atoms with van der Waals surface area (Å²) in [4.78, 5) is 20.8. The minimum Gasteiger partial charge on any atom is -0.430 e. The predicted molar refractivity (Wildman–Crippen MR) is 130 cm³/mol. The topological polar surface area (TPSA) is 123 Å². The van der Waals surface area contributed by atoms with Crippen LogP contribution in [0.2, 0.25) is 0 Å². The average Bonchev–Trinajstić information content (AvgIpc) is 3.44. The molecule has 0 atom stereocenters. The molecule has 4 aromatic rings. The maximum atomic E-state index is 15.1. The largest absolute Gasteiger partial charge is 0.430 e. The van der Waals surface area contributed by atoms with Gasteiger partial charge in [-0.3, -0.25) is 4.72 Å². The molecule has 0 amide bonds. The third-order valence-electron chi connectivity index (χ3n) is 5.66. The Bertz CT molecular complexity index is 1580. The lowest BCUT2D eigenvalue weighted by Crippen LogP contribution is -2.32. The molecule has 2 N–H and O–H groups in total. The van der Waals surface area contributed by atoms with Crippen molar-refractivity contribution in [3.05, 3.63) is 74.5 Å². The van der Waals surface area contributed by atoms with E-state index in [2.05, 4.69) is 19.4 Å². The first kappa shape index (κ1) is 23.4. The summed E-state index contributed by atoms with van der Waals surface area (Å²) in [5.41, 5.74) is 1.54. The molecule has 0 unspecified atom stereocenters. The lowest BCUT2D eigenvalue weighted by molar-refractivity contribution is 0.472. The first-order valence-corrected chi connectivity index (χ1v) is 13.1. The first-order valence-electron chi connectivity index (χ1n) is 10.8. The number of hydrogen-bond acceptors (Lipinski definition) is 8. The van der Waals surface area contributed by atoms with Crippen LogP contribution in [0.1, 0.15) is 35.1 Å². The minimum atomic E-state index is -3.95. The number of nitrogens with zero attached hydrogens (tertiary/aromatic N) is 2. The zero-order chi connectivity index (χ0) is 24.7. The highest BCUT2D eigenvalue weighted by Crippen LogP contribution is 2.32. The minimum absolute atomic E-state index is 0.0976. The third kappa shape index (κ3) is 5.04. The number of ether oxygens (including phenoxy) is 1. The maximum Gasteiger partial charge on any atom is 0.340 e. The summed E-state index contributed by atoms with van der Waals surface area (Å²) in [6.45, 7) is 3.63. The highest BCUT2D eigenvalue weighted by Gasteiger charge is 2.28. The van der Waals surface area contributed by atoms with Crippen LogP contribution in [0.3, 0.4) is 0 Å². The average molecular weight is 517 g/mol. The van der Waals surface area contributed by atoms with Crippen molar-refractivity contribution in [2.24, 2.45) is 0 Å². The molecular weight excluding hydrogens is 495 g/mol. The second kappa shape index (κ2) is 9.02. The van der Waals surface area contributed by atoms with Crippen LogP contribution in [0, 0.1) is 19.7 Å². The standard InChI is InChI=1S/C23H21FN4O5S2/c1-12-9-16-13(2)17(22(29)32-19(16)11-18(12)33-23-26-7-8-34-23)10-14-5-6-25-21(20(14)24)28-35(30,31)27-15-3-4-15/h5-9,11,15,27H,3-4,10H2,1-2H3,(H,25,28). The van der Waals surface area contributed by atoms with Crippen molar-refractivity contribution in [1.82, 2.24) is 14.7 Å². The Morgan fingerprint density at radius 1 is 1.23 bits per heavy atom. The summed E-state index contributed by atoms with van der Waals surface area (Å²) in [6.07, 6.45) is 4.31. The van der Waals surface area contributed by atoms with E-state index in [1.54, 1.807) is 24.6 Å². The molecule has 3 heterocycles. The van der Waals surface area contributed by atoms with Crippen molar-refractivity contribution in [2.45, 2.75) is 39.2 Å². The maximum absolute atomic E-state index is 15.1. The summed E-state index contributed by atoms with van der Waals surface area (Å²) < 4.78 is 55.4. The summed E-state index contributed by atoms with van der Waals surface area (Å²) >= 11 is 1.34. The zero-order valence-electron chi connectivity index (χ0n) is 18.8. The van der Waals surface area contributed by atoms with Gasteiger partial charge in [-0.15, -0.1) is 0 Å². The fourth-order valence-electron chi connectivity index (χ4n) is 3.65. The van der Waals surface area contributed by atoms with Gasteiger partial charge in [0, 0.05) is 47.3 Å². The van der Waals surface area contributed by atoms with E-state index in [9.17, 15) is 13.2 Å². The first-order chi connectivity index (χ1) is 16.7.